The van der Waals surface area contributed by atoms with Crippen LogP contribution in [0.3, 0.4) is 0 Å². The van der Waals surface area contributed by atoms with Crippen LogP contribution in [0.5, 0.6) is 0 Å². The number of hydrogen-bond acceptors (Lipinski definition) is 3. The predicted molar refractivity (Wildman–Crippen MR) is 81.6 cm³/mol. The van der Waals surface area contributed by atoms with Crippen molar-refractivity contribution in [1.29, 1.82) is 0 Å². The van der Waals surface area contributed by atoms with Gasteiger partial charge in [-0.25, -0.2) is 4.98 Å². The molecule has 0 saturated heterocycles. The maximum Gasteiger partial charge on any atom is 0.229 e. The van der Waals surface area contributed by atoms with E-state index in [0.717, 1.165) is 9.99 Å². The van der Waals surface area contributed by atoms with Crippen LogP contribution in [0.1, 0.15) is 0 Å². The second-order valence-corrected chi connectivity index (χ2v) is 5.65. The Kier molecular flexibility index (Phi) is 3.17. The molecule has 0 bridgehead atoms. The van der Waals surface area contributed by atoms with Crippen LogP contribution >= 0.6 is 39.1 Å². The van der Waals surface area contributed by atoms with Crippen LogP contribution in [0.2, 0.25) is 10.0 Å². The highest BCUT2D eigenvalue weighted by molar-refractivity contribution is 9.10. The Morgan fingerprint density at radius 3 is 2.74 bits per heavy atom. The van der Waals surface area contributed by atoms with Crippen LogP contribution in [0.25, 0.3) is 22.6 Å². The van der Waals surface area contributed by atoms with Gasteiger partial charge in [0.05, 0.1) is 20.7 Å². The molecule has 0 aliphatic rings. The Hall–Kier alpha value is -1.23. The minimum Gasteiger partial charge on any atom is -0.435 e. The summed E-state index contributed by atoms with van der Waals surface area (Å²) < 4.78 is 6.55. The molecule has 96 valence electrons. The molecular formula is C13H7BrCl2N2O. The number of aromatic nitrogens is 1. The van der Waals surface area contributed by atoms with Crippen molar-refractivity contribution in [3.63, 3.8) is 0 Å². The quantitative estimate of drug-likeness (QED) is 0.613. The molecule has 1 aromatic heterocycles. The van der Waals surface area contributed by atoms with Crippen molar-refractivity contribution in [3.8, 4) is 11.5 Å². The van der Waals surface area contributed by atoms with Gasteiger partial charge in [0.2, 0.25) is 5.89 Å². The minimum absolute atomic E-state index is 0.379. The number of nitrogens with zero attached hydrogens (tertiary/aromatic N) is 1. The number of halogens is 3. The van der Waals surface area contributed by atoms with E-state index in [-0.39, 0.29) is 0 Å². The number of benzene rings is 2. The van der Waals surface area contributed by atoms with Crippen LogP contribution in [-0.4, -0.2) is 4.98 Å². The fourth-order valence-corrected chi connectivity index (χ4v) is 2.72. The van der Waals surface area contributed by atoms with Crippen molar-refractivity contribution < 1.29 is 4.42 Å². The SMILES string of the molecule is Nc1c(Cl)cc(Cl)cc1-c1nc2cccc(Br)c2o1. The smallest absolute Gasteiger partial charge is 0.229 e. The summed E-state index contributed by atoms with van der Waals surface area (Å²) in [6, 6.07) is 8.88. The molecule has 2 aromatic carbocycles. The number of rotatable bonds is 1. The van der Waals surface area contributed by atoms with Gasteiger partial charge in [-0.3, -0.25) is 0 Å². The van der Waals surface area contributed by atoms with Gasteiger partial charge >= 0.3 is 0 Å². The normalized spacial score (nSPS) is 11.1. The monoisotopic (exact) mass is 356 g/mol. The third-order valence-electron chi connectivity index (χ3n) is 2.69. The fourth-order valence-electron chi connectivity index (χ4n) is 1.79. The van der Waals surface area contributed by atoms with E-state index in [1.165, 1.54) is 0 Å². The summed E-state index contributed by atoms with van der Waals surface area (Å²) in [5.41, 5.74) is 8.32. The maximum atomic E-state index is 6.01. The van der Waals surface area contributed by atoms with E-state index in [2.05, 4.69) is 20.9 Å². The zero-order valence-corrected chi connectivity index (χ0v) is 12.6. The van der Waals surface area contributed by atoms with Crippen molar-refractivity contribution in [2.75, 3.05) is 5.73 Å². The molecule has 0 amide bonds. The van der Waals surface area contributed by atoms with E-state index in [1.807, 2.05) is 18.2 Å². The Balaban J connectivity index is 2.28. The zero-order valence-electron chi connectivity index (χ0n) is 9.45. The second-order valence-electron chi connectivity index (χ2n) is 3.96. The number of oxazole rings is 1. The lowest BCUT2D eigenvalue weighted by molar-refractivity contribution is 0.618. The average molecular weight is 358 g/mol. The molecule has 3 rings (SSSR count). The minimum atomic E-state index is 0.379. The summed E-state index contributed by atoms with van der Waals surface area (Å²) in [5.74, 6) is 0.392. The van der Waals surface area contributed by atoms with Gasteiger partial charge in [0.25, 0.3) is 0 Å². The lowest BCUT2D eigenvalue weighted by Gasteiger charge is -2.04. The van der Waals surface area contributed by atoms with E-state index in [9.17, 15) is 0 Å². The summed E-state index contributed by atoms with van der Waals surface area (Å²) >= 11 is 15.4. The van der Waals surface area contributed by atoms with Gasteiger partial charge in [-0.05, 0) is 40.2 Å². The predicted octanol–water partition coefficient (Wildman–Crippen LogP) is 5.15. The van der Waals surface area contributed by atoms with Crippen molar-refractivity contribution >= 4 is 55.9 Å². The van der Waals surface area contributed by atoms with Crippen LogP contribution in [0.4, 0.5) is 5.69 Å². The van der Waals surface area contributed by atoms with Crippen molar-refractivity contribution in [2.24, 2.45) is 0 Å². The first-order valence-electron chi connectivity index (χ1n) is 5.36. The van der Waals surface area contributed by atoms with E-state index in [4.69, 9.17) is 33.4 Å². The summed E-state index contributed by atoms with van der Waals surface area (Å²) in [6.45, 7) is 0. The number of anilines is 1. The molecule has 19 heavy (non-hydrogen) atoms. The molecule has 0 aliphatic heterocycles. The Labute approximate surface area is 127 Å². The number of fused-ring (bicyclic) bond motifs is 1. The Morgan fingerprint density at radius 2 is 2.00 bits per heavy atom. The molecule has 2 N–H and O–H groups in total. The highest BCUT2D eigenvalue weighted by Crippen LogP contribution is 2.36. The van der Waals surface area contributed by atoms with E-state index in [0.29, 0.717) is 32.8 Å². The standard InChI is InChI=1S/C13H7BrCl2N2O/c14-8-2-1-3-10-12(8)19-13(18-10)7-4-6(15)5-9(16)11(7)17/h1-5H,17H2. The molecule has 3 nitrogen and oxygen atoms in total. The molecule has 0 unspecified atom stereocenters. The first-order chi connectivity index (χ1) is 9.06. The van der Waals surface area contributed by atoms with E-state index >= 15 is 0 Å². The molecule has 0 radical (unpaired) electrons. The van der Waals surface area contributed by atoms with Gasteiger partial charge < -0.3 is 10.2 Å². The number of nitrogens with two attached hydrogens (primary N) is 1. The number of nitrogen functional groups attached to an aromatic ring is 1. The van der Waals surface area contributed by atoms with Crippen molar-refractivity contribution in [3.05, 3.63) is 44.8 Å². The van der Waals surface area contributed by atoms with Crippen LogP contribution in [0.15, 0.2) is 39.2 Å². The second kappa shape index (κ2) is 4.71. The third-order valence-corrected chi connectivity index (χ3v) is 3.85. The average Bonchev–Trinajstić information content (AvgIpc) is 2.79. The molecule has 0 saturated carbocycles. The first-order valence-corrected chi connectivity index (χ1v) is 6.91. The van der Waals surface area contributed by atoms with Crippen LogP contribution < -0.4 is 5.73 Å². The first kappa shape index (κ1) is 12.8. The summed E-state index contributed by atoms with van der Waals surface area (Å²) in [5, 5.41) is 0.861. The third kappa shape index (κ3) is 2.20. The maximum absolute atomic E-state index is 6.01. The van der Waals surface area contributed by atoms with Gasteiger partial charge in [-0.15, -0.1) is 0 Å². The highest BCUT2D eigenvalue weighted by Gasteiger charge is 2.15. The molecule has 6 heteroatoms. The summed E-state index contributed by atoms with van der Waals surface area (Å²) in [4.78, 5) is 4.39. The Bertz CT molecular complexity index is 786. The molecular weight excluding hydrogens is 351 g/mol. The van der Waals surface area contributed by atoms with Crippen molar-refractivity contribution in [2.45, 2.75) is 0 Å². The van der Waals surface area contributed by atoms with Gasteiger partial charge in [0.15, 0.2) is 5.58 Å². The molecule has 3 aromatic rings. The number of para-hydroxylation sites is 1. The zero-order chi connectivity index (χ0) is 13.6. The van der Waals surface area contributed by atoms with Gasteiger partial charge in [0, 0.05) is 5.02 Å². The molecule has 0 spiro atoms. The van der Waals surface area contributed by atoms with Crippen molar-refractivity contribution in [1.82, 2.24) is 4.98 Å². The van der Waals surface area contributed by atoms with Crippen LogP contribution in [-0.2, 0) is 0 Å². The summed E-state index contributed by atoms with van der Waals surface area (Å²) in [6.07, 6.45) is 0. The van der Waals surface area contributed by atoms with Gasteiger partial charge in [0.1, 0.15) is 5.52 Å². The van der Waals surface area contributed by atoms with Crippen LogP contribution in [0, 0.1) is 0 Å². The molecule has 0 fully saturated rings. The number of hydrogen-bond donors (Lipinski definition) is 1. The molecule has 1 heterocycles. The van der Waals surface area contributed by atoms with E-state index < -0.39 is 0 Å². The lowest BCUT2D eigenvalue weighted by atomic mass is 10.2. The Morgan fingerprint density at radius 1 is 1.21 bits per heavy atom. The van der Waals surface area contributed by atoms with Gasteiger partial charge in [-0.1, -0.05) is 29.3 Å². The fraction of sp³-hybridized carbons (Fsp3) is 0. The molecule has 0 atom stereocenters. The largest absolute Gasteiger partial charge is 0.435 e. The van der Waals surface area contributed by atoms with E-state index in [1.54, 1.807) is 12.1 Å². The molecule has 0 aliphatic carbocycles. The topological polar surface area (TPSA) is 52.0 Å². The highest BCUT2D eigenvalue weighted by atomic mass is 79.9. The van der Waals surface area contributed by atoms with Gasteiger partial charge in [-0.2, -0.15) is 0 Å². The lowest BCUT2D eigenvalue weighted by Crippen LogP contribution is -1.91. The summed E-state index contributed by atoms with van der Waals surface area (Å²) in [7, 11) is 0.